The number of rotatable bonds is 7. The van der Waals surface area contributed by atoms with Crippen molar-refractivity contribution in [1.29, 1.82) is 0 Å². The number of hydrogen-bond acceptors (Lipinski definition) is 3. The highest BCUT2D eigenvalue weighted by Crippen LogP contribution is 2.20. The molecule has 0 saturated heterocycles. The molecule has 2 amide bonds. The minimum atomic E-state index is -0.456. The first-order valence-corrected chi connectivity index (χ1v) is 7.75. The monoisotopic (exact) mass is 346 g/mol. The molecule has 1 aromatic rings. The van der Waals surface area contributed by atoms with Crippen molar-refractivity contribution in [1.82, 2.24) is 10.6 Å². The predicted molar refractivity (Wildman–Crippen MR) is 87.3 cm³/mol. The highest BCUT2D eigenvalue weighted by molar-refractivity contribution is 6.36. The van der Waals surface area contributed by atoms with E-state index in [1.807, 2.05) is 13.8 Å². The van der Waals surface area contributed by atoms with Crippen LogP contribution in [0, 0.1) is 5.92 Å². The lowest BCUT2D eigenvalue weighted by Gasteiger charge is -2.14. The Hall–Kier alpha value is -1.30. The molecule has 0 heterocycles. The molecule has 122 valence electrons. The van der Waals surface area contributed by atoms with Crippen LogP contribution in [-0.2, 0) is 4.79 Å². The van der Waals surface area contributed by atoms with Crippen LogP contribution < -0.4 is 10.6 Å². The van der Waals surface area contributed by atoms with Gasteiger partial charge in [-0.05, 0) is 30.5 Å². The van der Waals surface area contributed by atoms with Crippen LogP contribution in [-0.4, -0.2) is 36.1 Å². The van der Waals surface area contributed by atoms with Gasteiger partial charge in [-0.1, -0.05) is 37.0 Å². The number of aliphatic hydroxyl groups is 1. The van der Waals surface area contributed by atoms with Gasteiger partial charge in [-0.15, -0.1) is 0 Å². The van der Waals surface area contributed by atoms with E-state index in [0.29, 0.717) is 18.0 Å². The summed E-state index contributed by atoms with van der Waals surface area (Å²) in [5, 5.41) is 15.4. The largest absolute Gasteiger partial charge is 0.393 e. The molecular formula is C15H20Cl2N2O3. The smallest absolute Gasteiger partial charge is 0.253 e. The van der Waals surface area contributed by atoms with E-state index in [-0.39, 0.29) is 29.0 Å². The van der Waals surface area contributed by atoms with Crippen LogP contribution in [0.2, 0.25) is 10.0 Å². The second-order valence-electron chi connectivity index (χ2n) is 5.26. The van der Waals surface area contributed by atoms with Crippen LogP contribution in [0.1, 0.15) is 30.6 Å². The standard InChI is InChI=1S/C15H20Cl2N2O3/c1-9(2)13(20)5-6-18-14(21)8-19-15(22)11-4-3-10(16)7-12(11)17/h3-4,7,9,13,20H,5-6,8H2,1-2H3,(H,18,21)(H,19,22). The van der Waals surface area contributed by atoms with Crippen LogP contribution in [0.3, 0.4) is 0 Å². The molecule has 1 rings (SSSR count). The van der Waals surface area contributed by atoms with Gasteiger partial charge in [0.2, 0.25) is 5.91 Å². The maximum absolute atomic E-state index is 11.9. The van der Waals surface area contributed by atoms with Gasteiger partial charge < -0.3 is 15.7 Å². The summed E-state index contributed by atoms with van der Waals surface area (Å²) in [5.74, 6) is -0.628. The van der Waals surface area contributed by atoms with Gasteiger partial charge in [0.05, 0.1) is 23.2 Å². The van der Waals surface area contributed by atoms with Gasteiger partial charge in [-0.25, -0.2) is 0 Å². The lowest BCUT2D eigenvalue weighted by Crippen LogP contribution is -2.38. The first-order valence-electron chi connectivity index (χ1n) is 6.99. The van der Waals surface area contributed by atoms with Crippen molar-refractivity contribution < 1.29 is 14.7 Å². The van der Waals surface area contributed by atoms with Gasteiger partial charge in [0.25, 0.3) is 5.91 Å². The van der Waals surface area contributed by atoms with E-state index in [2.05, 4.69) is 10.6 Å². The molecule has 5 nitrogen and oxygen atoms in total. The summed E-state index contributed by atoms with van der Waals surface area (Å²) in [5.41, 5.74) is 0.258. The van der Waals surface area contributed by atoms with Gasteiger partial charge in [0.1, 0.15) is 0 Å². The normalized spacial score (nSPS) is 12.1. The van der Waals surface area contributed by atoms with Gasteiger partial charge in [-0.2, -0.15) is 0 Å². The fraction of sp³-hybridized carbons (Fsp3) is 0.467. The average Bonchev–Trinajstić information content (AvgIpc) is 2.44. The highest BCUT2D eigenvalue weighted by Gasteiger charge is 2.13. The van der Waals surface area contributed by atoms with Crippen molar-refractivity contribution in [3.63, 3.8) is 0 Å². The number of halogens is 2. The van der Waals surface area contributed by atoms with E-state index < -0.39 is 12.0 Å². The second-order valence-corrected chi connectivity index (χ2v) is 6.10. The Morgan fingerprint density at radius 1 is 1.23 bits per heavy atom. The summed E-state index contributed by atoms with van der Waals surface area (Å²) >= 11 is 11.7. The van der Waals surface area contributed by atoms with Gasteiger partial charge in [-0.3, -0.25) is 9.59 Å². The number of carbonyl (C=O) groups is 2. The van der Waals surface area contributed by atoms with Crippen molar-refractivity contribution in [2.45, 2.75) is 26.4 Å². The minimum absolute atomic E-state index is 0.142. The molecule has 0 fully saturated rings. The maximum atomic E-state index is 11.9. The summed E-state index contributed by atoms with van der Waals surface area (Å²) in [4.78, 5) is 23.5. The maximum Gasteiger partial charge on any atom is 0.253 e. The third-order valence-corrected chi connectivity index (χ3v) is 3.66. The van der Waals surface area contributed by atoms with Crippen molar-refractivity contribution >= 4 is 35.0 Å². The van der Waals surface area contributed by atoms with E-state index in [1.165, 1.54) is 12.1 Å². The van der Waals surface area contributed by atoms with Crippen LogP contribution in [0.5, 0.6) is 0 Å². The Labute approximate surface area is 140 Å². The van der Waals surface area contributed by atoms with E-state index in [9.17, 15) is 14.7 Å². The summed E-state index contributed by atoms with van der Waals surface area (Å²) < 4.78 is 0. The lowest BCUT2D eigenvalue weighted by molar-refractivity contribution is -0.120. The fourth-order valence-corrected chi connectivity index (χ4v) is 2.18. The average molecular weight is 347 g/mol. The number of aliphatic hydroxyl groups excluding tert-OH is 1. The highest BCUT2D eigenvalue weighted by atomic mass is 35.5. The zero-order valence-electron chi connectivity index (χ0n) is 12.5. The van der Waals surface area contributed by atoms with Crippen molar-refractivity contribution in [3.05, 3.63) is 33.8 Å². The Morgan fingerprint density at radius 2 is 1.91 bits per heavy atom. The molecule has 0 aliphatic rings. The molecule has 1 aromatic carbocycles. The zero-order valence-corrected chi connectivity index (χ0v) is 14.0. The number of amides is 2. The fourth-order valence-electron chi connectivity index (χ4n) is 1.68. The second kappa shape index (κ2) is 8.98. The number of hydrogen-bond donors (Lipinski definition) is 3. The molecule has 1 unspecified atom stereocenters. The van der Waals surface area contributed by atoms with Gasteiger partial charge in [0.15, 0.2) is 0 Å². The molecule has 7 heteroatoms. The van der Waals surface area contributed by atoms with Crippen LogP contribution in [0.15, 0.2) is 18.2 Å². The van der Waals surface area contributed by atoms with Crippen LogP contribution >= 0.6 is 23.2 Å². The van der Waals surface area contributed by atoms with Crippen molar-refractivity contribution in [2.75, 3.05) is 13.1 Å². The van der Waals surface area contributed by atoms with Crippen molar-refractivity contribution in [2.24, 2.45) is 5.92 Å². The third kappa shape index (κ3) is 6.22. The van der Waals surface area contributed by atoms with Crippen LogP contribution in [0.25, 0.3) is 0 Å². The molecule has 0 aliphatic heterocycles. The molecule has 0 bridgehead atoms. The third-order valence-electron chi connectivity index (χ3n) is 3.12. The quantitative estimate of drug-likeness (QED) is 0.708. The Morgan fingerprint density at radius 3 is 2.50 bits per heavy atom. The molecule has 0 spiro atoms. The van der Waals surface area contributed by atoms with Gasteiger partial charge in [0, 0.05) is 11.6 Å². The van der Waals surface area contributed by atoms with Crippen LogP contribution in [0.4, 0.5) is 0 Å². The number of carbonyl (C=O) groups excluding carboxylic acids is 2. The molecule has 3 N–H and O–H groups in total. The molecule has 0 aliphatic carbocycles. The predicted octanol–water partition coefficient (Wildman–Crippen LogP) is 2.25. The SMILES string of the molecule is CC(C)C(O)CCNC(=O)CNC(=O)c1ccc(Cl)cc1Cl. The summed E-state index contributed by atoms with van der Waals surface area (Å²) in [6.07, 6.45) is 0.0168. The number of benzene rings is 1. The van der Waals surface area contributed by atoms with Crippen molar-refractivity contribution in [3.8, 4) is 0 Å². The Kier molecular flexibility index (Phi) is 7.65. The van der Waals surface area contributed by atoms with Gasteiger partial charge >= 0.3 is 0 Å². The minimum Gasteiger partial charge on any atom is -0.393 e. The lowest BCUT2D eigenvalue weighted by atomic mass is 10.0. The zero-order chi connectivity index (χ0) is 16.7. The molecular weight excluding hydrogens is 327 g/mol. The molecule has 1 atom stereocenters. The van der Waals surface area contributed by atoms with E-state index in [1.54, 1.807) is 6.07 Å². The summed E-state index contributed by atoms with van der Waals surface area (Å²) in [7, 11) is 0. The summed E-state index contributed by atoms with van der Waals surface area (Å²) in [6, 6.07) is 4.51. The Balaban J connectivity index is 2.36. The first-order chi connectivity index (χ1) is 10.3. The van der Waals surface area contributed by atoms with E-state index in [4.69, 9.17) is 23.2 Å². The number of nitrogens with one attached hydrogen (secondary N) is 2. The molecule has 0 aromatic heterocycles. The Bertz CT molecular complexity index is 536. The molecule has 0 radical (unpaired) electrons. The van der Waals surface area contributed by atoms with E-state index >= 15 is 0 Å². The first kappa shape index (κ1) is 18.7. The molecule has 22 heavy (non-hydrogen) atoms. The van der Waals surface area contributed by atoms with E-state index in [0.717, 1.165) is 0 Å². The summed E-state index contributed by atoms with van der Waals surface area (Å²) in [6.45, 7) is 4.01. The molecule has 0 saturated carbocycles. The topological polar surface area (TPSA) is 78.4 Å².